The molecule has 0 spiro atoms. The van der Waals surface area contributed by atoms with Gasteiger partial charge in [0.15, 0.2) is 0 Å². The predicted octanol–water partition coefficient (Wildman–Crippen LogP) is 6.09. The first kappa shape index (κ1) is 21.9. The van der Waals surface area contributed by atoms with Crippen LogP contribution in [-0.4, -0.2) is 25.0 Å². The molecule has 0 aromatic heterocycles. The number of methoxy groups -OCH3 is 1. The Bertz CT molecular complexity index is 1140. The van der Waals surface area contributed by atoms with Crippen molar-refractivity contribution in [2.45, 2.75) is 32.4 Å². The highest BCUT2D eigenvalue weighted by Gasteiger charge is 2.32. The molecule has 1 unspecified atom stereocenters. The maximum absolute atomic E-state index is 12.4. The summed E-state index contributed by atoms with van der Waals surface area (Å²) in [6.07, 6.45) is 0.778. The lowest BCUT2D eigenvalue weighted by Crippen LogP contribution is -2.43. The minimum atomic E-state index is -0.361. The van der Waals surface area contributed by atoms with Crippen molar-refractivity contribution in [1.82, 2.24) is 0 Å². The lowest BCUT2D eigenvalue weighted by Gasteiger charge is -2.39. The number of benzene rings is 3. The van der Waals surface area contributed by atoms with Gasteiger partial charge in [0.2, 0.25) is 5.91 Å². The Balaban J connectivity index is 1.73. The summed E-state index contributed by atoms with van der Waals surface area (Å²) >= 11 is 6.04. The minimum absolute atomic E-state index is 0.0267. The van der Waals surface area contributed by atoms with Crippen molar-refractivity contribution < 1.29 is 14.3 Å². The molecule has 0 bridgehead atoms. The lowest BCUT2D eigenvalue weighted by molar-refractivity contribution is -0.117. The summed E-state index contributed by atoms with van der Waals surface area (Å²) in [5.41, 5.74) is 5.45. The molecule has 32 heavy (non-hydrogen) atoms. The molecule has 4 rings (SSSR count). The molecule has 1 aliphatic heterocycles. The number of nitrogens with zero attached hydrogens (tertiary/aromatic N) is 1. The molecule has 3 aromatic carbocycles. The van der Waals surface area contributed by atoms with Crippen molar-refractivity contribution >= 4 is 34.9 Å². The van der Waals surface area contributed by atoms with Crippen molar-refractivity contribution in [2.75, 3.05) is 17.3 Å². The van der Waals surface area contributed by atoms with E-state index in [0.29, 0.717) is 10.6 Å². The third-order valence-electron chi connectivity index (χ3n) is 5.84. The van der Waals surface area contributed by atoms with E-state index in [1.807, 2.05) is 53.4 Å². The summed E-state index contributed by atoms with van der Waals surface area (Å²) in [6, 6.07) is 21.2. The van der Waals surface area contributed by atoms with Crippen LogP contribution >= 0.6 is 11.6 Å². The second kappa shape index (κ2) is 9.05. The van der Waals surface area contributed by atoms with Crippen LogP contribution < -0.4 is 10.2 Å². The number of halogens is 1. The van der Waals surface area contributed by atoms with Gasteiger partial charge in [0.1, 0.15) is 0 Å². The number of esters is 1. The molecule has 3 aromatic rings. The molecule has 0 aliphatic carbocycles. The van der Waals surface area contributed by atoms with E-state index in [1.54, 1.807) is 19.1 Å². The van der Waals surface area contributed by atoms with Gasteiger partial charge in [0.25, 0.3) is 0 Å². The Morgan fingerprint density at radius 3 is 2.28 bits per heavy atom. The van der Waals surface area contributed by atoms with Crippen LogP contribution in [0, 0.1) is 0 Å². The van der Waals surface area contributed by atoms with Crippen molar-refractivity contribution in [3.8, 4) is 11.1 Å². The standard InChI is InChI=1S/C26H25ClN2O3/c1-16-14-24(28-22-11-9-21(27)10-12-22)23-15-20(8-13-25(23)29(16)17(2)30)18-4-6-19(7-5-18)26(31)32-3/h4-13,15-16,24,28H,14H2,1-3H3/t16-,24?/m0/s1. The van der Waals surface area contributed by atoms with Crippen LogP contribution in [0.25, 0.3) is 11.1 Å². The van der Waals surface area contributed by atoms with Gasteiger partial charge in [-0.15, -0.1) is 0 Å². The number of carbonyl (C=O) groups is 2. The number of amides is 1. The van der Waals surface area contributed by atoms with E-state index < -0.39 is 0 Å². The molecule has 5 nitrogen and oxygen atoms in total. The van der Waals surface area contributed by atoms with E-state index in [9.17, 15) is 9.59 Å². The first-order valence-corrected chi connectivity index (χ1v) is 10.9. The van der Waals surface area contributed by atoms with Crippen LogP contribution in [0.1, 0.15) is 42.2 Å². The second-order valence-electron chi connectivity index (χ2n) is 8.02. The second-order valence-corrected chi connectivity index (χ2v) is 8.46. The quantitative estimate of drug-likeness (QED) is 0.490. The Morgan fingerprint density at radius 2 is 1.66 bits per heavy atom. The average Bonchev–Trinajstić information content (AvgIpc) is 2.79. The van der Waals surface area contributed by atoms with Gasteiger partial charge in [-0.05, 0) is 78.6 Å². The van der Waals surface area contributed by atoms with Gasteiger partial charge >= 0.3 is 5.97 Å². The molecule has 6 heteroatoms. The van der Waals surface area contributed by atoms with E-state index >= 15 is 0 Å². The zero-order chi connectivity index (χ0) is 22.8. The number of ether oxygens (including phenoxy) is 1. The molecular formula is C26H25ClN2O3. The first-order chi connectivity index (χ1) is 15.4. The highest BCUT2D eigenvalue weighted by Crippen LogP contribution is 2.41. The molecule has 1 heterocycles. The normalized spacial score (nSPS) is 17.4. The SMILES string of the molecule is COC(=O)c1ccc(-c2ccc3c(c2)C(Nc2ccc(Cl)cc2)C[C@H](C)N3C(C)=O)cc1. The Morgan fingerprint density at radius 1 is 1.00 bits per heavy atom. The Labute approximate surface area is 193 Å². The van der Waals surface area contributed by atoms with Crippen LogP contribution in [0.3, 0.4) is 0 Å². The number of rotatable bonds is 4. The number of carbonyl (C=O) groups excluding carboxylic acids is 2. The van der Waals surface area contributed by atoms with Gasteiger partial charge in [-0.1, -0.05) is 29.8 Å². The summed E-state index contributed by atoms with van der Waals surface area (Å²) < 4.78 is 4.79. The van der Waals surface area contributed by atoms with Gasteiger partial charge in [-0.25, -0.2) is 4.79 Å². The number of nitrogens with one attached hydrogen (secondary N) is 1. The van der Waals surface area contributed by atoms with Crippen LogP contribution in [0.5, 0.6) is 0 Å². The molecule has 0 saturated carbocycles. The van der Waals surface area contributed by atoms with Gasteiger partial charge in [0, 0.05) is 29.4 Å². The first-order valence-electron chi connectivity index (χ1n) is 10.5. The summed E-state index contributed by atoms with van der Waals surface area (Å²) in [5, 5.41) is 4.30. The molecule has 1 N–H and O–H groups in total. The fraction of sp³-hybridized carbons (Fsp3) is 0.231. The van der Waals surface area contributed by atoms with E-state index in [4.69, 9.17) is 16.3 Å². The molecule has 0 saturated heterocycles. The minimum Gasteiger partial charge on any atom is -0.465 e. The van der Waals surface area contributed by atoms with Gasteiger partial charge < -0.3 is 15.0 Å². The van der Waals surface area contributed by atoms with E-state index in [-0.39, 0.29) is 24.0 Å². The maximum atomic E-state index is 12.4. The predicted molar refractivity (Wildman–Crippen MR) is 128 cm³/mol. The molecule has 2 atom stereocenters. The fourth-order valence-corrected chi connectivity index (χ4v) is 4.45. The average molecular weight is 449 g/mol. The molecule has 1 aliphatic rings. The molecule has 1 amide bonds. The van der Waals surface area contributed by atoms with Crippen molar-refractivity contribution in [1.29, 1.82) is 0 Å². The van der Waals surface area contributed by atoms with Crippen LogP contribution in [0.4, 0.5) is 11.4 Å². The van der Waals surface area contributed by atoms with E-state index in [1.165, 1.54) is 7.11 Å². The zero-order valence-corrected chi connectivity index (χ0v) is 19.0. The molecule has 164 valence electrons. The zero-order valence-electron chi connectivity index (χ0n) is 18.3. The molecule has 0 fully saturated rings. The van der Waals surface area contributed by atoms with Gasteiger partial charge in [-0.2, -0.15) is 0 Å². The Kier molecular flexibility index (Phi) is 6.19. The number of hydrogen-bond acceptors (Lipinski definition) is 4. The summed E-state index contributed by atoms with van der Waals surface area (Å²) in [4.78, 5) is 26.0. The van der Waals surface area contributed by atoms with Crippen LogP contribution in [0.15, 0.2) is 66.7 Å². The summed E-state index contributed by atoms with van der Waals surface area (Å²) in [5.74, 6) is -0.334. The smallest absolute Gasteiger partial charge is 0.337 e. The Hall–Kier alpha value is -3.31. The van der Waals surface area contributed by atoms with Crippen LogP contribution in [0.2, 0.25) is 5.02 Å². The van der Waals surface area contributed by atoms with E-state index in [0.717, 1.165) is 34.5 Å². The van der Waals surface area contributed by atoms with Crippen molar-refractivity contribution in [2.24, 2.45) is 0 Å². The third kappa shape index (κ3) is 4.34. The van der Waals surface area contributed by atoms with Gasteiger partial charge in [0.05, 0.1) is 18.7 Å². The number of fused-ring (bicyclic) bond motifs is 1. The maximum Gasteiger partial charge on any atom is 0.337 e. The van der Waals surface area contributed by atoms with Gasteiger partial charge in [-0.3, -0.25) is 4.79 Å². The highest BCUT2D eigenvalue weighted by molar-refractivity contribution is 6.30. The largest absolute Gasteiger partial charge is 0.465 e. The topological polar surface area (TPSA) is 58.6 Å². The van der Waals surface area contributed by atoms with E-state index in [2.05, 4.69) is 18.3 Å². The van der Waals surface area contributed by atoms with Crippen LogP contribution in [-0.2, 0) is 9.53 Å². The lowest BCUT2D eigenvalue weighted by atomic mass is 9.88. The summed E-state index contributed by atoms with van der Waals surface area (Å²) in [7, 11) is 1.37. The number of anilines is 2. The van der Waals surface area contributed by atoms with Crippen molar-refractivity contribution in [3.05, 3.63) is 82.9 Å². The molecule has 0 radical (unpaired) electrons. The number of hydrogen-bond donors (Lipinski definition) is 1. The highest BCUT2D eigenvalue weighted by atomic mass is 35.5. The molecular weight excluding hydrogens is 424 g/mol. The fourth-order valence-electron chi connectivity index (χ4n) is 4.32. The van der Waals surface area contributed by atoms with Crippen molar-refractivity contribution in [3.63, 3.8) is 0 Å². The summed E-state index contributed by atoms with van der Waals surface area (Å²) in [6.45, 7) is 3.67. The third-order valence-corrected chi connectivity index (χ3v) is 6.10. The monoisotopic (exact) mass is 448 g/mol.